The number of esters is 2. The molecule has 0 spiro atoms. The Morgan fingerprint density at radius 2 is 0.833 bits per heavy atom. The maximum atomic E-state index is 12.7. The number of ether oxygens (including phenoxy) is 2. The molecule has 10 heteroatoms. The second kappa shape index (κ2) is 37.6. The fourth-order valence-corrected chi connectivity index (χ4v) is 7.29. The Bertz CT molecular complexity index is 896. The highest BCUT2D eigenvalue weighted by atomic mass is 31.2. The Morgan fingerprint density at radius 3 is 1.19 bits per heavy atom. The molecule has 0 fully saturated rings. The number of unbranched alkanes of at least 4 members (excludes halogenated alkanes) is 28. The topological polar surface area (TPSA) is 108 Å². The zero-order valence-electron chi connectivity index (χ0n) is 36.2. The van der Waals surface area contributed by atoms with E-state index < -0.39 is 26.5 Å². The zero-order chi connectivity index (χ0) is 40.0. The summed E-state index contributed by atoms with van der Waals surface area (Å²) >= 11 is 0. The van der Waals surface area contributed by atoms with Crippen LogP contribution < -0.4 is 0 Å². The maximum Gasteiger partial charge on any atom is 0.472 e. The van der Waals surface area contributed by atoms with Gasteiger partial charge in [0.15, 0.2) is 6.10 Å². The first kappa shape index (κ1) is 53.0. The molecule has 0 saturated carbocycles. The molecule has 322 valence electrons. The number of rotatable bonds is 42. The number of hydrogen-bond donors (Lipinski definition) is 1. The molecule has 2 unspecified atom stereocenters. The van der Waals surface area contributed by atoms with Crippen molar-refractivity contribution in [1.29, 1.82) is 0 Å². The largest absolute Gasteiger partial charge is 0.472 e. The van der Waals surface area contributed by atoms with Crippen molar-refractivity contribution in [2.24, 2.45) is 0 Å². The van der Waals surface area contributed by atoms with Crippen molar-refractivity contribution in [3.63, 3.8) is 0 Å². The molecule has 2 atom stereocenters. The molecule has 0 radical (unpaired) electrons. The van der Waals surface area contributed by atoms with Crippen molar-refractivity contribution in [2.75, 3.05) is 47.5 Å². The lowest BCUT2D eigenvalue weighted by atomic mass is 10.0. The molecule has 0 aromatic heterocycles. The van der Waals surface area contributed by atoms with Crippen molar-refractivity contribution >= 4 is 19.8 Å². The highest BCUT2D eigenvalue weighted by molar-refractivity contribution is 7.47. The summed E-state index contributed by atoms with van der Waals surface area (Å²) in [5, 5.41) is 0. The van der Waals surface area contributed by atoms with E-state index in [4.69, 9.17) is 18.5 Å². The highest BCUT2D eigenvalue weighted by Gasteiger charge is 2.27. The standard InChI is InChI=1S/C44H88NO8P/c1-6-8-10-12-14-16-18-20-22-23-25-26-28-30-32-34-36-43(46)50-40-42(41-52-54(48,49)51-39-38-45(3,4)5)53-44(47)37-35-33-31-29-27-24-21-19-17-15-13-11-9-7-2/h42H,6-41H2,1-5H3/p+1. The molecule has 0 aliphatic heterocycles. The highest BCUT2D eigenvalue weighted by Crippen LogP contribution is 2.43. The Morgan fingerprint density at radius 1 is 0.500 bits per heavy atom. The first-order valence-electron chi connectivity index (χ1n) is 22.8. The molecule has 0 saturated heterocycles. The van der Waals surface area contributed by atoms with Gasteiger partial charge < -0.3 is 18.9 Å². The van der Waals surface area contributed by atoms with Gasteiger partial charge in [0.2, 0.25) is 0 Å². The van der Waals surface area contributed by atoms with Gasteiger partial charge in [0.1, 0.15) is 19.8 Å². The minimum absolute atomic E-state index is 0.0369. The fourth-order valence-electron chi connectivity index (χ4n) is 6.54. The number of hydrogen-bond acceptors (Lipinski definition) is 7. The van der Waals surface area contributed by atoms with Crippen LogP contribution >= 0.6 is 7.82 Å². The molecule has 0 bridgehead atoms. The molecule has 0 amide bonds. The monoisotopic (exact) mass is 791 g/mol. The Labute approximate surface area is 334 Å². The average Bonchev–Trinajstić information content (AvgIpc) is 3.12. The first-order chi connectivity index (χ1) is 26.0. The van der Waals surface area contributed by atoms with Crippen LogP contribution in [-0.2, 0) is 32.7 Å². The summed E-state index contributed by atoms with van der Waals surface area (Å²) in [6.45, 7) is 4.46. The van der Waals surface area contributed by atoms with Gasteiger partial charge in [-0.2, -0.15) is 0 Å². The van der Waals surface area contributed by atoms with E-state index in [9.17, 15) is 19.0 Å². The van der Waals surface area contributed by atoms with Crippen LogP contribution in [0.1, 0.15) is 219 Å². The van der Waals surface area contributed by atoms with Gasteiger partial charge in [-0.1, -0.05) is 194 Å². The second-order valence-electron chi connectivity index (χ2n) is 16.8. The van der Waals surface area contributed by atoms with Crippen LogP contribution in [0, 0.1) is 0 Å². The van der Waals surface area contributed by atoms with Crippen molar-refractivity contribution in [3.05, 3.63) is 0 Å². The molecule has 0 heterocycles. The number of likely N-dealkylation sites (N-methyl/N-ethyl adjacent to an activating group) is 1. The van der Waals surface area contributed by atoms with Crippen molar-refractivity contribution in [2.45, 2.75) is 225 Å². The third-order valence-corrected chi connectivity index (χ3v) is 11.1. The fraction of sp³-hybridized carbons (Fsp3) is 0.955. The third-order valence-electron chi connectivity index (χ3n) is 10.1. The molecule has 0 aliphatic rings. The molecule has 54 heavy (non-hydrogen) atoms. The number of carbonyl (C=O) groups excluding carboxylic acids is 2. The molecule has 0 rings (SSSR count). The number of quaternary nitrogens is 1. The van der Waals surface area contributed by atoms with Crippen LogP contribution in [-0.4, -0.2) is 74.9 Å². The second-order valence-corrected chi connectivity index (χ2v) is 18.3. The summed E-state index contributed by atoms with van der Waals surface area (Å²) in [6, 6.07) is 0. The van der Waals surface area contributed by atoms with E-state index in [1.165, 1.54) is 154 Å². The molecule has 0 aromatic rings. The SMILES string of the molecule is CCCCCCCCCCCCCCCCCCC(=O)OCC(COP(=O)(O)OCC[N+](C)(C)C)OC(=O)CCCCCCCCCCCCCCCC. The average molecular weight is 791 g/mol. The number of nitrogens with zero attached hydrogens (tertiary/aromatic N) is 1. The summed E-state index contributed by atoms with van der Waals surface area (Å²) in [7, 11) is 1.49. The van der Waals surface area contributed by atoms with Gasteiger partial charge >= 0.3 is 19.8 Å². The van der Waals surface area contributed by atoms with Crippen LogP contribution in [0.4, 0.5) is 0 Å². The smallest absolute Gasteiger partial charge is 0.462 e. The molecule has 0 aliphatic carbocycles. The van der Waals surface area contributed by atoms with E-state index in [2.05, 4.69) is 13.8 Å². The van der Waals surface area contributed by atoms with Gasteiger partial charge in [-0.25, -0.2) is 4.57 Å². The van der Waals surface area contributed by atoms with Crippen LogP contribution in [0.15, 0.2) is 0 Å². The number of phosphoric ester groups is 1. The van der Waals surface area contributed by atoms with E-state index in [-0.39, 0.29) is 25.6 Å². The first-order valence-corrected chi connectivity index (χ1v) is 24.3. The summed E-state index contributed by atoms with van der Waals surface area (Å²) < 4.78 is 34.3. The number of phosphoric acid groups is 1. The van der Waals surface area contributed by atoms with Gasteiger partial charge in [0, 0.05) is 12.8 Å². The van der Waals surface area contributed by atoms with Gasteiger partial charge in [-0.3, -0.25) is 18.6 Å². The third kappa shape index (κ3) is 40.7. The lowest BCUT2D eigenvalue weighted by Crippen LogP contribution is -2.37. The van der Waals surface area contributed by atoms with Crippen LogP contribution in [0.3, 0.4) is 0 Å². The van der Waals surface area contributed by atoms with Gasteiger partial charge in [0.25, 0.3) is 0 Å². The minimum Gasteiger partial charge on any atom is -0.462 e. The van der Waals surface area contributed by atoms with Gasteiger partial charge in [-0.05, 0) is 12.8 Å². The summed E-state index contributed by atoms with van der Waals surface area (Å²) in [5.41, 5.74) is 0. The summed E-state index contributed by atoms with van der Waals surface area (Å²) in [6.07, 6.45) is 37.1. The van der Waals surface area contributed by atoms with Crippen molar-refractivity contribution in [1.82, 2.24) is 0 Å². The Hall–Kier alpha value is -0.990. The van der Waals surface area contributed by atoms with E-state index in [1.54, 1.807) is 0 Å². The van der Waals surface area contributed by atoms with Crippen molar-refractivity contribution < 1.29 is 42.1 Å². The predicted molar refractivity (Wildman–Crippen MR) is 225 cm³/mol. The molecule has 1 N–H and O–H groups in total. The van der Waals surface area contributed by atoms with Crippen LogP contribution in [0.25, 0.3) is 0 Å². The van der Waals surface area contributed by atoms with E-state index >= 15 is 0 Å². The maximum absolute atomic E-state index is 12.7. The predicted octanol–water partition coefficient (Wildman–Crippen LogP) is 12.8. The minimum atomic E-state index is -4.36. The van der Waals surface area contributed by atoms with E-state index in [0.717, 1.165) is 38.5 Å². The lowest BCUT2D eigenvalue weighted by molar-refractivity contribution is -0.870. The van der Waals surface area contributed by atoms with Gasteiger partial charge in [0.05, 0.1) is 27.7 Å². The summed E-state index contributed by atoms with van der Waals surface area (Å²) in [5.74, 6) is -0.783. The lowest BCUT2D eigenvalue weighted by Gasteiger charge is -2.24. The Kier molecular flexibility index (Phi) is 36.9. The molecular weight excluding hydrogens is 701 g/mol. The molecule has 9 nitrogen and oxygen atoms in total. The molecular formula is C44H89NO8P+. The Balaban J connectivity index is 4.29. The normalized spacial score (nSPS) is 13.5. The van der Waals surface area contributed by atoms with Crippen molar-refractivity contribution in [3.8, 4) is 0 Å². The quantitative estimate of drug-likeness (QED) is 0.0282. The van der Waals surface area contributed by atoms with Gasteiger partial charge in [-0.15, -0.1) is 0 Å². The van der Waals surface area contributed by atoms with Crippen LogP contribution in [0.5, 0.6) is 0 Å². The van der Waals surface area contributed by atoms with Crippen LogP contribution in [0.2, 0.25) is 0 Å². The van der Waals surface area contributed by atoms with E-state index in [1.807, 2.05) is 21.1 Å². The zero-order valence-corrected chi connectivity index (χ0v) is 37.1. The molecule has 0 aromatic carbocycles. The number of carbonyl (C=O) groups is 2. The summed E-state index contributed by atoms with van der Waals surface area (Å²) in [4.78, 5) is 35.4. The van der Waals surface area contributed by atoms with E-state index in [0.29, 0.717) is 17.4 Å².